The van der Waals surface area contributed by atoms with Crippen molar-refractivity contribution in [2.75, 3.05) is 25.6 Å². The molecule has 1 saturated heterocycles. The molecule has 4 rings (SSSR count). The maximum absolute atomic E-state index is 12.3. The number of amides is 1. The van der Waals surface area contributed by atoms with Crippen LogP contribution in [0.2, 0.25) is 0 Å². The highest BCUT2D eigenvalue weighted by molar-refractivity contribution is 5.94. The Kier molecular flexibility index (Phi) is 6.46. The van der Waals surface area contributed by atoms with Gasteiger partial charge in [0.25, 0.3) is 0 Å². The number of anilines is 1. The maximum Gasteiger partial charge on any atom is 0.233 e. The molecule has 1 aliphatic heterocycles. The van der Waals surface area contributed by atoms with Crippen molar-refractivity contribution in [3.8, 4) is 11.1 Å². The van der Waals surface area contributed by atoms with Gasteiger partial charge in [0.05, 0.1) is 24.6 Å². The Morgan fingerprint density at radius 3 is 2.72 bits per heavy atom. The van der Waals surface area contributed by atoms with Gasteiger partial charge in [-0.15, -0.1) is 0 Å². The van der Waals surface area contributed by atoms with Gasteiger partial charge in [-0.05, 0) is 37.5 Å². The van der Waals surface area contributed by atoms with Gasteiger partial charge in [0.1, 0.15) is 11.3 Å². The molecule has 0 aromatic carbocycles. The number of aryl methyl sites for hydroxylation is 2. The fraction of sp³-hybridized carbons (Fsp3) is 0.360. The Morgan fingerprint density at radius 2 is 2.09 bits per heavy atom. The van der Waals surface area contributed by atoms with Gasteiger partial charge >= 0.3 is 0 Å². The molecule has 1 N–H and O–H groups in total. The molecule has 7 nitrogen and oxygen atoms in total. The van der Waals surface area contributed by atoms with Crippen molar-refractivity contribution in [1.29, 1.82) is 0 Å². The summed E-state index contributed by atoms with van der Waals surface area (Å²) in [5.74, 6) is 0.312. The average molecular weight is 432 g/mol. The van der Waals surface area contributed by atoms with Crippen LogP contribution < -0.4 is 10.8 Å². The lowest BCUT2D eigenvalue weighted by atomic mass is 10.0. The lowest BCUT2D eigenvalue weighted by Gasteiger charge is -2.24. The summed E-state index contributed by atoms with van der Waals surface area (Å²) in [4.78, 5) is 26.0. The summed E-state index contributed by atoms with van der Waals surface area (Å²) in [7, 11) is 1.77. The molecule has 32 heavy (non-hydrogen) atoms. The third kappa shape index (κ3) is 4.21. The van der Waals surface area contributed by atoms with Crippen LogP contribution in [0.5, 0.6) is 0 Å². The Bertz CT molecular complexity index is 1240. The molecule has 0 unspecified atom stereocenters. The van der Waals surface area contributed by atoms with Crippen molar-refractivity contribution in [1.82, 2.24) is 14.5 Å². The second-order valence-electron chi connectivity index (χ2n) is 8.10. The van der Waals surface area contributed by atoms with Crippen molar-refractivity contribution in [3.63, 3.8) is 0 Å². The second kappa shape index (κ2) is 9.44. The predicted octanol–water partition coefficient (Wildman–Crippen LogP) is 3.97. The van der Waals surface area contributed by atoms with Crippen molar-refractivity contribution < 1.29 is 9.53 Å². The second-order valence-corrected chi connectivity index (χ2v) is 8.10. The molecule has 0 aliphatic carbocycles. The van der Waals surface area contributed by atoms with Gasteiger partial charge in [-0.25, -0.2) is 4.98 Å². The van der Waals surface area contributed by atoms with Crippen molar-refractivity contribution in [2.45, 2.75) is 33.1 Å². The lowest BCUT2D eigenvalue weighted by Crippen LogP contribution is -2.38. The number of rotatable bonds is 7. The highest BCUT2D eigenvalue weighted by atomic mass is 16.5. The molecule has 3 aromatic heterocycles. The van der Waals surface area contributed by atoms with Crippen LogP contribution in [-0.2, 0) is 16.0 Å². The topological polar surface area (TPSA) is 81.4 Å². The van der Waals surface area contributed by atoms with Gasteiger partial charge in [-0.2, -0.15) is 0 Å². The van der Waals surface area contributed by atoms with E-state index >= 15 is 0 Å². The Hall–Kier alpha value is -3.32. The zero-order valence-corrected chi connectivity index (χ0v) is 18.9. The number of carbonyl (C=O) groups is 1. The normalized spacial score (nSPS) is 14.4. The summed E-state index contributed by atoms with van der Waals surface area (Å²) in [5, 5.41) is 3.81. The fourth-order valence-corrected chi connectivity index (χ4v) is 3.92. The van der Waals surface area contributed by atoms with Crippen LogP contribution in [0.1, 0.15) is 31.0 Å². The minimum Gasteiger partial charge on any atom is -0.380 e. The van der Waals surface area contributed by atoms with Gasteiger partial charge in [0.2, 0.25) is 5.91 Å². The van der Waals surface area contributed by atoms with Crippen LogP contribution >= 0.6 is 0 Å². The first kappa shape index (κ1) is 21.9. The minimum absolute atomic E-state index is 0.0739. The van der Waals surface area contributed by atoms with E-state index in [9.17, 15) is 4.79 Å². The summed E-state index contributed by atoms with van der Waals surface area (Å²) in [6.45, 7) is 9.21. The van der Waals surface area contributed by atoms with E-state index in [-0.39, 0.29) is 11.8 Å². The lowest BCUT2D eigenvalue weighted by molar-refractivity contribution is -0.133. The van der Waals surface area contributed by atoms with Crippen LogP contribution in [0.25, 0.3) is 28.2 Å². The Balaban J connectivity index is 1.78. The molecule has 7 heteroatoms. The summed E-state index contributed by atoms with van der Waals surface area (Å²) in [6.07, 6.45) is 8.70. The van der Waals surface area contributed by atoms with Crippen molar-refractivity contribution in [2.24, 2.45) is 10.9 Å². The quantitative estimate of drug-likeness (QED) is 0.614. The standard InChI is InChI=1S/C25H29N5O2/c1-5-7-8-19-9-16(3)21(13-27-19)20-10-17-12-28-23(29-25(31)18-14-32-15-18)11-22(17)30(6-2)24(20)26-4/h6,9-13,18H,2,5,7-8,14-15H2,1,3-4H3,(H,28,29,31). The van der Waals surface area contributed by atoms with Crippen molar-refractivity contribution >= 4 is 28.8 Å². The maximum atomic E-state index is 12.3. The molecule has 3 aromatic rings. The number of aromatic nitrogens is 3. The number of hydrogen-bond acceptors (Lipinski definition) is 5. The van der Waals surface area contributed by atoms with Crippen LogP contribution in [0, 0.1) is 12.8 Å². The van der Waals surface area contributed by atoms with Gasteiger partial charge < -0.3 is 14.6 Å². The molecule has 0 saturated carbocycles. The number of fused-ring (bicyclic) bond motifs is 1. The number of ether oxygens (including phenoxy) is 1. The molecule has 0 spiro atoms. The average Bonchev–Trinajstić information content (AvgIpc) is 2.75. The highest BCUT2D eigenvalue weighted by Gasteiger charge is 2.26. The molecular formula is C25H29N5O2. The first-order valence-electron chi connectivity index (χ1n) is 11.0. The van der Waals surface area contributed by atoms with Gasteiger partial charge in [-0.1, -0.05) is 19.9 Å². The van der Waals surface area contributed by atoms with Gasteiger partial charge in [-0.3, -0.25) is 14.8 Å². The highest BCUT2D eigenvalue weighted by Crippen LogP contribution is 2.26. The van der Waals surface area contributed by atoms with Crippen molar-refractivity contribution in [3.05, 3.63) is 53.9 Å². The number of unbranched alkanes of at least 4 members (excludes halogenated alkanes) is 1. The first-order valence-corrected chi connectivity index (χ1v) is 11.0. The van der Waals surface area contributed by atoms with E-state index < -0.39 is 0 Å². The van der Waals surface area contributed by atoms with E-state index in [1.807, 2.05) is 16.8 Å². The summed E-state index contributed by atoms with van der Waals surface area (Å²) in [6, 6.07) is 6.09. The van der Waals surface area contributed by atoms with E-state index in [1.165, 1.54) is 0 Å². The summed E-state index contributed by atoms with van der Waals surface area (Å²) < 4.78 is 7.04. The van der Waals surface area contributed by atoms with Crippen LogP contribution in [0.4, 0.5) is 5.82 Å². The minimum atomic E-state index is -0.113. The fourth-order valence-electron chi connectivity index (χ4n) is 3.92. The van der Waals surface area contributed by atoms with E-state index in [0.29, 0.717) is 19.0 Å². The molecule has 1 aliphatic rings. The Labute approximate surface area is 187 Å². The van der Waals surface area contributed by atoms with E-state index in [1.54, 1.807) is 19.4 Å². The van der Waals surface area contributed by atoms with Crippen LogP contribution in [0.3, 0.4) is 0 Å². The molecule has 0 atom stereocenters. The predicted molar refractivity (Wildman–Crippen MR) is 127 cm³/mol. The zero-order valence-electron chi connectivity index (χ0n) is 18.9. The number of hydrogen-bond donors (Lipinski definition) is 1. The number of pyridine rings is 3. The third-order valence-corrected chi connectivity index (χ3v) is 5.84. The molecular weight excluding hydrogens is 402 g/mol. The molecule has 0 radical (unpaired) electrons. The molecule has 4 heterocycles. The van der Waals surface area contributed by atoms with Crippen LogP contribution in [0.15, 0.2) is 42.2 Å². The monoisotopic (exact) mass is 431 g/mol. The molecule has 1 fully saturated rings. The first-order chi connectivity index (χ1) is 15.5. The molecule has 0 bridgehead atoms. The Morgan fingerprint density at radius 1 is 1.28 bits per heavy atom. The molecule has 166 valence electrons. The van der Waals surface area contributed by atoms with Crippen LogP contribution in [-0.4, -0.2) is 40.7 Å². The molecule has 1 amide bonds. The smallest absolute Gasteiger partial charge is 0.233 e. The number of nitrogens with one attached hydrogen (secondary N) is 1. The van der Waals surface area contributed by atoms with Gasteiger partial charge in [0, 0.05) is 53.9 Å². The largest absolute Gasteiger partial charge is 0.380 e. The SMILES string of the molecule is C=Cn1c(=NC)c(-c2cnc(CCCC)cc2C)cc2cnc(NC(=O)C3COC3)cc21. The summed E-state index contributed by atoms with van der Waals surface area (Å²) in [5.41, 5.74) is 5.91. The summed E-state index contributed by atoms with van der Waals surface area (Å²) >= 11 is 0. The number of nitrogens with zero attached hydrogens (tertiary/aromatic N) is 4. The number of carbonyl (C=O) groups excluding carboxylic acids is 1. The van der Waals surface area contributed by atoms with E-state index in [4.69, 9.17) is 9.72 Å². The van der Waals surface area contributed by atoms with E-state index in [0.717, 1.165) is 58.0 Å². The third-order valence-electron chi connectivity index (χ3n) is 5.84. The zero-order chi connectivity index (χ0) is 22.7. The van der Waals surface area contributed by atoms with Gasteiger partial charge in [0.15, 0.2) is 0 Å². The van der Waals surface area contributed by atoms with E-state index in [2.05, 4.69) is 47.9 Å².